The number of hydrogen-bond acceptors (Lipinski definition) is 5. The maximum Gasteiger partial charge on any atom is 0.319 e. The number of methoxy groups -OCH3 is 1. The summed E-state index contributed by atoms with van der Waals surface area (Å²) < 4.78 is 20.4. The lowest BCUT2D eigenvalue weighted by atomic mass is 10.2. The summed E-state index contributed by atoms with van der Waals surface area (Å²) in [6.45, 7) is 0.0384. The number of thioether (sulfide) groups is 1. The standard InChI is InChI=1S/C24H20Cl2FN5O2S/c1-34-19-7-2-4-15(10-19)14-35-24-31-30-22(32(24)21-11-16(25)8-9-20(21)26)13-28-23(33)29-18-6-3-5-17(27)12-18/h2-12H,13-14H2,1H3,(H2,28,29,33). The molecule has 0 spiro atoms. The Morgan fingerprint density at radius 2 is 1.91 bits per heavy atom. The van der Waals surface area contributed by atoms with E-state index in [0.29, 0.717) is 38.2 Å². The number of amides is 2. The van der Waals surface area contributed by atoms with Gasteiger partial charge in [-0.3, -0.25) is 4.57 Å². The summed E-state index contributed by atoms with van der Waals surface area (Å²) in [5.41, 5.74) is 1.95. The highest BCUT2D eigenvalue weighted by atomic mass is 35.5. The van der Waals surface area contributed by atoms with Crippen LogP contribution in [-0.4, -0.2) is 27.9 Å². The Labute approximate surface area is 215 Å². The number of halogens is 3. The number of aromatic nitrogens is 3. The molecule has 35 heavy (non-hydrogen) atoms. The van der Waals surface area contributed by atoms with Crippen molar-refractivity contribution in [2.75, 3.05) is 12.4 Å². The number of ether oxygens (including phenoxy) is 1. The van der Waals surface area contributed by atoms with Gasteiger partial charge in [-0.25, -0.2) is 9.18 Å². The minimum absolute atomic E-state index is 0.0384. The average Bonchev–Trinajstić information content (AvgIpc) is 3.25. The van der Waals surface area contributed by atoms with Crippen molar-refractivity contribution >= 4 is 46.7 Å². The van der Waals surface area contributed by atoms with Crippen LogP contribution in [0.5, 0.6) is 5.75 Å². The van der Waals surface area contributed by atoms with E-state index in [1.54, 1.807) is 35.9 Å². The predicted octanol–water partition coefficient (Wildman–Crippen LogP) is 6.34. The molecule has 3 aromatic carbocycles. The highest BCUT2D eigenvalue weighted by Gasteiger charge is 2.18. The van der Waals surface area contributed by atoms with Gasteiger partial charge in [0.05, 0.1) is 24.4 Å². The van der Waals surface area contributed by atoms with Gasteiger partial charge in [0.15, 0.2) is 11.0 Å². The molecule has 2 N–H and O–H groups in total. The van der Waals surface area contributed by atoms with Crippen LogP contribution in [0.15, 0.2) is 71.9 Å². The monoisotopic (exact) mass is 531 g/mol. The first-order valence-corrected chi connectivity index (χ1v) is 12.1. The molecule has 0 aliphatic carbocycles. The molecule has 0 aliphatic heterocycles. The highest BCUT2D eigenvalue weighted by Crippen LogP contribution is 2.31. The molecule has 7 nitrogen and oxygen atoms in total. The number of nitrogens with zero attached hydrogens (tertiary/aromatic N) is 3. The highest BCUT2D eigenvalue weighted by molar-refractivity contribution is 7.98. The molecule has 0 saturated carbocycles. The van der Waals surface area contributed by atoms with E-state index in [1.165, 1.54) is 30.0 Å². The molecule has 0 fully saturated rings. The fourth-order valence-corrected chi connectivity index (χ4v) is 4.49. The third-order valence-electron chi connectivity index (χ3n) is 4.84. The topological polar surface area (TPSA) is 81.1 Å². The molecule has 11 heteroatoms. The van der Waals surface area contributed by atoms with Gasteiger partial charge in [-0.05, 0) is 54.1 Å². The average molecular weight is 532 g/mol. The van der Waals surface area contributed by atoms with Crippen LogP contribution < -0.4 is 15.4 Å². The number of carbonyl (C=O) groups is 1. The number of urea groups is 1. The molecule has 1 aromatic heterocycles. The minimum Gasteiger partial charge on any atom is -0.497 e. The predicted molar refractivity (Wildman–Crippen MR) is 136 cm³/mol. The molecule has 2 amide bonds. The number of rotatable bonds is 8. The third-order valence-corrected chi connectivity index (χ3v) is 6.40. The minimum atomic E-state index is -0.520. The molecular formula is C24H20Cl2FN5O2S. The molecule has 0 saturated heterocycles. The molecule has 0 unspecified atom stereocenters. The molecule has 1 heterocycles. The van der Waals surface area contributed by atoms with Gasteiger partial charge in [-0.1, -0.05) is 53.2 Å². The molecule has 180 valence electrons. The van der Waals surface area contributed by atoms with E-state index in [0.717, 1.165) is 11.3 Å². The van der Waals surface area contributed by atoms with Crippen molar-refractivity contribution in [2.24, 2.45) is 0 Å². The summed E-state index contributed by atoms with van der Waals surface area (Å²) in [4.78, 5) is 12.4. The summed E-state index contributed by atoms with van der Waals surface area (Å²) in [6.07, 6.45) is 0. The van der Waals surface area contributed by atoms with E-state index >= 15 is 0 Å². The van der Waals surface area contributed by atoms with Crippen LogP contribution in [0.1, 0.15) is 11.4 Å². The Balaban J connectivity index is 1.56. The van der Waals surface area contributed by atoms with Gasteiger partial charge in [0.1, 0.15) is 11.6 Å². The smallest absolute Gasteiger partial charge is 0.319 e. The molecule has 0 atom stereocenters. The van der Waals surface area contributed by atoms with Gasteiger partial charge < -0.3 is 15.4 Å². The van der Waals surface area contributed by atoms with Crippen molar-refractivity contribution in [3.8, 4) is 11.4 Å². The summed E-state index contributed by atoms with van der Waals surface area (Å²) in [7, 11) is 1.62. The summed E-state index contributed by atoms with van der Waals surface area (Å²) in [5, 5.41) is 15.4. The zero-order chi connectivity index (χ0) is 24.8. The van der Waals surface area contributed by atoms with Crippen LogP contribution in [0.2, 0.25) is 10.0 Å². The van der Waals surface area contributed by atoms with E-state index < -0.39 is 11.8 Å². The normalized spacial score (nSPS) is 10.7. The summed E-state index contributed by atoms with van der Waals surface area (Å²) in [6, 6.07) is 17.9. The van der Waals surface area contributed by atoms with Crippen molar-refractivity contribution in [1.29, 1.82) is 0 Å². The molecule has 0 radical (unpaired) electrons. The van der Waals surface area contributed by atoms with Crippen LogP contribution >= 0.6 is 35.0 Å². The van der Waals surface area contributed by atoms with Crippen molar-refractivity contribution in [2.45, 2.75) is 17.5 Å². The second kappa shape index (κ2) is 11.4. The Bertz CT molecular complexity index is 1350. The SMILES string of the molecule is COc1cccc(CSc2nnc(CNC(=O)Nc3cccc(F)c3)n2-c2cc(Cl)ccc2Cl)c1. The second-order valence-electron chi connectivity index (χ2n) is 7.29. The Hall–Kier alpha value is -3.27. The van der Waals surface area contributed by atoms with Gasteiger partial charge >= 0.3 is 6.03 Å². The first-order valence-electron chi connectivity index (χ1n) is 10.4. The van der Waals surface area contributed by atoms with Crippen molar-refractivity contribution in [1.82, 2.24) is 20.1 Å². The van der Waals surface area contributed by atoms with E-state index in [1.807, 2.05) is 24.3 Å². The Morgan fingerprint density at radius 1 is 1.09 bits per heavy atom. The van der Waals surface area contributed by atoms with Gasteiger partial charge in [0.25, 0.3) is 0 Å². The summed E-state index contributed by atoms with van der Waals surface area (Å²) >= 11 is 14.2. The largest absolute Gasteiger partial charge is 0.497 e. The van der Waals surface area contributed by atoms with Crippen molar-refractivity contribution < 1.29 is 13.9 Å². The zero-order valence-electron chi connectivity index (χ0n) is 18.5. The van der Waals surface area contributed by atoms with Gasteiger partial charge in [-0.2, -0.15) is 0 Å². The molecule has 0 bridgehead atoms. The Kier molecular flexibility index (Phi) is 8.12. The van der Waals surface area contributed by atoms with Crippen molar-refractivity contribution in [3.05, 3.63) is 94.0 Å². The van der Waals surface area contributed by atoms with E-state index in [9.17, 15) is 9.18 Å². The Morgan fingerprint density at radius 3 is 2.71 bits per heavy atom. The van der Waals surface area contributed by atoms with Crippen LogP contribution in [0.4, 0.5) is 14.9 Å². The van der Waals surface area contributed by atoms with Crippen molar-refractivity contribution in [3.63, 3.8) is 0 Å². The first kappa shape index (κ1) is 24.8. The quantitative estimate of drug-likeness (QED) is 0.259. The molecular weight excluding hydrogens is 512 g/mol. The van der Waals surface area contributed by atoms with Gasteiger partial charge in [0.2, 0.25) is 0 Å². The number of hydrogen-bond donors (Lipinski definition) is 2. The number of carbonyl (C=O) groups excluding carboxylic acids is 1. The van der Waals surface area contributed by atoms with E-state index in [2.05, 4.69) is 20.8 Å². The molecule has 4 rings (SSSR count). The molecule has 0 aliphatic rings. The van der Waals surface area contributed by atoms with Crippen LogP contribution in [0.25, 0.3) is 5.69 Å². The number of anilines is 1. The summed E-state index contributed by atoms with van der Waals surface area (Å²) in [5.74, 6) is 1.35. The number of benzene rings is 3. The molecule has 4 aromatic rings. The van der Waals surface area contributed by atoms with E-state index in [-0.39, 0.29) is 6.54 Å². The lowest BCUT2D eigenvalue weighted by Gasteiger charge is -2.13. The van der Waals surface area contributed by atoms with Gasteiger partial charge in [-0.15, -0.1) is 10.2 Å². The lowest BCUT2D eigenvalue weighted by Crippen LogP contribution is -2.29. The van der Waals surface area contributed by atoms with E-state index in [4.69, 9.17) is 27.9 Å². The second-order valence-corrected chi connectivity index (χ2v) is 9.07. The third kappa shape index (κ3) is 6.45. The zero-order valence-corrected chi connectivity index (χ0v) is 20.8. The van der Waals surface area contributed by atoms with Crippen LogP contribution in [0, 0.1) is 5.82 Å². The van der Waals surface area contributed by atoms with Crippen LogP contribution in [0.3, 0.4) is 0 Å². The fourth-order valence-electron chi connectivity index (χ4n) is 3.22. The fraction of sp³-hybridized carbons (Fsp3) is 0.125. The maximum atomic E-state index is 13.4. The maximum absolute atomic E-state index is 13.4. The van der Waals surface area contributed by atoms with Crippen LogP contribution in [-0.2, 0) is 12.3 Å². The number of nitrogens with one attached hydrogen (secondary N) is 2. The first-order chi connectivity index (χ1) is 16.9. The van der Waals surface area contributed by atoms with Gasteiger partial charge in [0, 0.05) is 16.5 Å². The lowest BCUT2D eigenvalue weighted by molar-refractivity contribution is 0.251.